The Hall–Kier alpha value is -2.32. The van der Waals surface area contributed by atoms with Gasteiger partial charge in [0.05, 0.1) is 0 Å². The van der Waals surface area contributed by atoms with Gasteiger partial charge in [-0.15, -0.1) is 0 Å². The summed E-state index contributed by atoms with van der Waals surface area (Å²) in [7, 11) is 0. The van der Waals surface area contributed by atoms with Gasteiger partial charge in [0.2, 0.25) is 0 Å². The fourth-order valence-electron chi connectivity index (χ4n) is 8.95. The highest BCUT2D eigenvalue weighted by atomic mass is 15.0. The molecule has 260 valence electrons. The molecule has 6 unspecified atom stereocenters. The van der Waals surface area contributed by atoms with Gasteiger partial charge >= 0.3 is 0 Å². The first-order valence-electron chi connectivity index (χ1n) is 19.7. The van der Waals surface area contributed by atoms with E-state index in [1.165, 1.54) is 112 Å². The van der Waals surface area contributed by atoms with Gasteiger partial charge in [0.25, 0.3) is 0 Å². The van der Waals surface area contributed by atoms with Crippen LogP contribution in [-0.4, -0.2) is 49.3 Å². The smallest absolute Gasteiger partial charge is 0.0224 e. The molecule has 3 saturated carbocycles. The van der Waals surface area contributed by atoms with Gasteiger partial charge in [0.1, 0.15) is 0 Å². The van der Waals surface area contributed by atoms with E-state index in [0.717, 1.165) is 39.3 Å². The summed E-state index contributed by atoms with van der Waals surface area (Å²) < 4.78 is 0. The zero-order valence-electron chi connectivity index (χ0n) is 29.4. The lowest BCUT2D eigenvalue weighted by Gasteiger charge is -2.34. The molecule has 48 heavy (non-hydrogen) atoms. The zero-order chi connectivity index (χ0) is 32.4. The van der Waals surface area contributed by atoms with E-state index in [-0.39, 0.29) is 0 Å². The molecule has 6 nitrogen and oxygen atoms in total. The van der Waals surface area contributed by atoms with E-state index in [1.807, 2.05) is 0 Å². The summed E-state index contributed by atoms with van der Waals surface area (Å²) in [6.45, 7) is 5.83. The lowest BCUT2D eigenvalue weighted by molar-refractivity contribution is 0.281. The largest absolute Gasteiger partial charge is 0.309 e. The van der Waals surface area contributed by atoms with Crippen LogP contribution in [0.2, 0.25) is 0 Å². The average Bonchev–Trinajstić information content (AvgIpc) is 3.15. The standard InChI is InChI=1S/C42H62N6/c1-2-8-38-37(7-1)43-25-31-13-15-33(16-14-31)27-45-39-9-3-4-10-40(39)47-29-35-21-23-36(24-22-35)30-48-42-12-6-5-11-41(42)46-28-34-19-17-32(18-20-34)26-44-38/h13-21,23,37-48H,1-12,22,24-30H2. The molecule has 0 saturated heterocycles. The van der Waals surface area contributed by atoms with Crippen LogP contribution in [-0.2, 0) is 26.2 Å². The van der Waals surface area contributed by atoms with Gasteiger partial charge in [0, 0.05) is 75.5 Å². The summed E-state index contributed by atoms with van der Waals surface area (Å²) >= 11 is 0. The van der Waals surface area contributed by atoms with Crippen LogP contribution in [0.3, 0.4) is 0 Å². The van der Waals surface area contributed by atoms with Crippen molar-refractivity contribution in [3.63, 3.8) is 0 Å². The summed E-state index contributed by atoms with van der Waals surface area (Å²) in [6, 6.07) is 22.0. The normalized spacial score (nSPS) is 31.5. The SMILES string of the molecule is C1=C2CCC(=C1)CNC1CCCCC1NCc1ccc(cc1)CNC1CCCCC1NCc1ccc(cc1)CNC1CCCCC1NC2. The molecule has 0 radical (unpaired) electrons. The molecule has 3 fully saturated rings. The van der Waals surface area contributed by atoms with Gasteiger partial charge in [0.15, 0.2) is 0 Å². The van der Waals surface area contributed by atoms with Gasteiger partial charge < -0.3 is 31.9 Å². The van der Waals surface area contributed by atoms with Gasteiger partial charge in [-0.3, -0.25) is 0 Å². The molecular weight excluding hydrogens is 589 g/mol. The monoisotopic (exact) mass is 651 g/mol. The lowest BCUT2D eigenvalue weighted by atomic mass is 9.89. The van der Waals surface area contributed by atoms with Crippen LogP contribution in [0, 0.1) is 0 Å². The molecule has 2 aromatic rings. The van der Waals surface area contributed by atoms with Crippen LogP contribution in [0.4, 0.5) is 0 Å². The van der Waals surface area contributed by atoms with Crippen LogP contribution >= 0.6 is 0 Å². The van der Waals surface area contributed by atoms with Crippen molar-refractivity contribution in [2.75, 3.05) is 13.1 Å². The van der Waals surface area contributed by atoms with Crippen molar-refractivity contribution in [3.05, 3.63) is 94.1 Å². The van der Waals surface area contributed by atoms with E-state index >= 15 is 0 Å². The van der Waals surface area contributed by atoms with Gasteiger partial charge in [-0.1, -0.05) is 110 Å². The predicted molar refractivity (Wildman–Crippen MR) is 200 cm³/mol. The van der Waals surface area contributed by atoms with Crippen molar-refractivity contribution in [3.8, 4) is 0 Å². The van der Waals surface area contributed by atoms with Crippen LogP contribution in [0.1, 0.15) is 112 Å². The molecular formula is C42H62N6. The Morgan fingerprint density at radius 3 is 0.771 bits per heavy atom. The molecule has 2 aromatic carbocycles. The Labute approximate surface area is 290 Å². The van der Waals surface area contributed by atoms with Crippen molar-refractivity contribution in [2.45, 2.75) is 152 Å². The van der Waals surface area contributed by atoms with Crippen molar-refractivity contribution in [1.82, 2.24) is 31.9 Å². The number of benzene rings is 2. The molecule has 0 spiro atoms. The Morgan fingerprint density at radius 2 is 0.542 bits per heavy atom. The van der Waals surface area contributed by atoms with Crippen LogP contribution in [0.25, 0.3) is 0 Å². The Morgan fingerprint density at radius 1 is 0.312 bits per heavy atom. The van der Waals surface area contributed by atoms with Crippen LogP contribution in [0.15, 0.2) is 71.8 Å². The maximum atomic E-state index is 3.98. The minimum atomic E-state index is 0.527. The fraction of sp³-hybridized carbons (Fsp3) is 0.619. The third-order valence-electron chi connectivity index (χ3n) is 12.1. The highest BCUT2D eigenvalue weighted by Crippen LogP contribution is 2.24. The quantitative estimate of drug-likeness (QED) is 0.195. The number of hydrogen-bond acceptors (Lipinski definition) is 6. The Balaban J connectivity index is 1.02. The van der Waals surface area contributed by atoms with E-state index in [2.05, 4.69) is 92.6 Å². The first-order valence-corrected chi connectivity index (χ1v) is 19.7. The highest BCUT2D eigenvalue weighted by Gasteiger charge is 2.27. The maximum Gasteiger partial charge on any atom is 0.0224 e. The van der Waals surface area contributed by atoms with Crippen LogP contribution in [0.5, 0.6) is 0 Å². The average molecular weight is 651 g/mol. The molecule has 0 aromatic heterocycles. The summed E-state index contributed by atoms with van der Waals surface area (Å²) in [6.07, 6.45) is 22.8. The molecule has 6 atom stereocenters. The molecule has 6 bridgehead atoms. The minimum Gasteiger partial charge on any atom is -0.309 e. The second-order valence-corrected chi connectivity index (χ2v) is 15.6. The molecule has 6 N–H and O–H groups in total. The molecule has 12 rings (SSSR count). The first kappa shape index (κ1) is 34.1. The first-order chi connectivity index (χ1) is 23.7. The molecule has 4 aliphatic carbocycles. The minimum absolute atomic E-state index is 0.527. The number of rotatable bonds is 0. The molecule has 0 amide bonds. The number of allylic oxidation sites excluding steroid dienone is 2. The molecule has 10 aliphatic rings. The van der Waals surface area contributed by atoms with Crippen molar-refractivity contribution in [1.29, 1.82) is 0 Å². The summed E-state index contributed by atoms with van der Waals surface area (Å²) in [5.41, 5.74) is 8.68. The number of hydrogen-bond donors (Lipinski definition) is 6. The topological polar surface area (TPSA) is 72.2 Å². The lowest BCUT2D eigenvalue weighted by Crippen LogP contribution is -2.50. The number of nitrogens with one attached hydrogen (secondary N) is 6. The highest BCUT2D eigenvalue weighted by molar-refractivity contribution is 5.27. The molecule has 6 heteroatoms. The van der Waals surface area contributed by atoms with E-state index in [1.54, 1.807) is 11.1 Å². The second-order valence-electron chi connectivity index (χ2n) is 15.6. The summed E-state index contributed by atoms with van der Waals surface area (Å²) in [5, 5.41) is 23.7. The third-order valence-corrected chi connectivity index (χ3v) is 12.1. The fourth-order valence-corrected chi connectivity index (χ4v) is 8.95. The van der Waals surface area contributed by atoms with E-state index in [0.29, 0.717) is 36.3 Å². The van der Waals surface area contributed by atoms with Gasteiger partial charge in [-0.25, -0.2) is 0 Å². The van der Waals surface area contributed by atoms with E-state index in [9.17, 15) is 0 Å². The molecule has 6 heterocycles. The Kier molecular flexibility index (Phi) is 12.5. The summed E-state index contributed by atoms with van der Waals surface area (Å²) in [4.78, 5) is 0. The zero-order valence-corrected chi connectivity index (χ0v) is 29.4. The van der Waals surface area contributed by atoms with E-state index in [4.69, 9.17) is 0 Å². The van der Waals surface area contributed by atoms with Crippen molar-refractivity contribution in [2.24, 2.45) is 0 Å². The summed E-state index contributed by atoms with van der Waals surface area (Å²) in [5.74, 6) is 0. The second kappa shape index (κ2) is 17.6. The van der Waals surface area contributed by atoms with Crippen molar-refractivity contribution < 1.29 is 0 Å². The van der Waals surface area contributed by atoms with Gasteiger partial charge in [-0.05, 0) is 73.6 Å². The molecule has 6 aliphatic heterocycles. The van der Waals surface area contributed by atoms with Crippen molar-refractivity contribution >= 4 is 0 Å². The predicted octanol–water partition coefficient (Wildman–Crippen LogP) is 6.52. The van der Waals surface area contributed by atoms with Gasteiger partial charge in [-0.2, -0.15) is 0 Å². The third kappa shape index (κ3) is 9.68. The van der Waals surface area contributed by atoms with Crippen LogP contribution < -0.4 is 31.9 Å². The Bertz CT molecular complexity index is 1230. The maximum absolute atomic E-state index is 3.98. The van der Waals surface area contributed by atoms with E-state index < -0.39 is 0 Å².